The molecule has 4 rings (SSSR count). The molecule has 0 aliphatic carbocycles. The normalized spacial score (nSPS) is 9.86. The molecule has 0 spiro atoms. The summed E-state index contributed by atoms with van der Waals surface area (Å²) in [7, 11) is 3.72. The van der Waals surface area contributed by atoms with Crippen molar-refractivity contribution in [3.05, 3.63) is 126 Å². The summed E-state index contributed by atoms with van der Waals surface area (Å²) in [6, 6.07) is 14.7. The fourth-order valence-corrected chi connectivity index (χ4v) is 3.45. The van der Waals surface area contributed by atoms with Gasteiger partial charge in [0.1, 0.15) is 0 Å². The van der Waals surface area contributed by atoms with Gasteiger partial charge < -0.3 is 9.13 Å². The molecule has 4 aromatic rings. The van der Waals surface area contributed by atoms with Crippen LogP contribution in [0.2, 0.25) is 10.0 Å². The smallest absolute Gasteiger partial charge is 0.270 e. The Kier molecular flexibility index (Phi) is 10.6. The Balaban J connectivity index is 0.000000220. The van der Waals surface area contributed by atoms with Gasteiger partial charge in [0.25, 0.3) is 16.6 Å². The van der Waals surface area contributed by atoms with E-state index in [0.29, 0.717) is 5.69 Å². The third kappa shape index (κ3) is 8.28. The van der Waals surface area contributed by atoms with E-state index in [0.717, 1.165) is 6.07 Å². The summed E-state index contributed by atoms with van der Waals surface area (Å²) >= 11 is 16.6. The molecule has 13 heteroatoms. The SMILES string of the molecule is Cn1cccc1.Cn1cccc1C(=O)c1cc([N+](=O)[O-])ccc1Cl.O=C(Cl)c1cc([N+](=O)[O-])ccc1Cl. The van der Waals surface area contributed by atoms with Crippen LogP contribution in [-0.2, 0) is 14.1 Å². The average Bonchev–Trinajstić information content (AvgIpc) is 3.50. The molecule has 0 fully saturated rings. The Labute approximate surface area is 225 Å². The zero-order chi connectivity index (χ0) is 27.7. The number of carbonyl (C=O) groups is 2. The molecule has 0 aliphatic heterocycles. The van der Waals surface area contributed by atoms with Crippen molar-refractivity contribution in [2.24, 2.45) is 14.1 Å². The molecule has 0 radical (unpaired) electrons. The summed E-state index contributed by atoms with van der Waals surface area (Å²) < 4.78 is 3.64. The highest BCUT2D eigenvalue weighted by Crippen LogP contribution is 2.25. The van der Waals surface area contributed by atoms with E-state index in [1.165, 1.54) is 30.3 Å². The Morgan fingerprint density at radius 3 is 1.62 bits per heavy atom. The molecule has 0 atom stereocenters. The van der Waals surface area contributed by atoms with E-state index < -0.39 is 15.1 Å². The van der Waals surface area contributed by atoms with Crippen molar-refractivity contribution in [3.8, 4) is 0 Å². The fraction of sp³-hybridized carbons (Fsp3) is 0.0833. The Hall–Kier alpha value is -3.99. The number of rotatable bonds is 5. The Bertz CT molecular complexity index is 1430. The second-order valence-corrected chi connectivity index (χ2v) is 8.46. The van der Waals surface area contributed by atoms with E-state index in [1.807, 2.05) is 36.1 Å². The lowest BCUT2D eigenvalue weighted by Gasteiger charge is -2.04. The van der Waals surface area contributed by atoms with Crippen LogP contribution in [0.25, 0.3) is 0 Å². The number of benzene rings is 2. The Morgan fingerprint density at radius 1 is 0.757 bits per heavy atom. The summed E-state index contributed by atoms with van der Waals surface area (Å²) in [5.41, 5.74) is 0.132. The first-order chi connectivity index (χ1) is 17.4. The van der Waals surface area contributed by atoms with Crippen LogP contribution in [0.15, 0.2) is 79.3 Å². The Morgan fingerprint density at radius 2 is 1.24 bits per heavy atom. The summed E-state index contributed by atoms with van der Waals surface area (Å²) in [6.45, 7) is 0. The third-order valence-corrected chi connectivity index (χ3v) is 5.57. The van der Waals surface area contributed by atoms with E-state index >= 15 is 0 Å². The van der Waals surface area contributed by atoms with Gasteiger partial charge in [-0.15, -0.1) is 0 Å². The molecule has 0 bridgehead atoms. The van der Waals surface area contributed by atoms with Crippen LogP contribution < -0.4 is 0 Å². The second-order valence-electron chi connectivity index (χ2n) is 7.30. The summed E-state index contributed by atoms with van der Waals surface area (Å²) in [5.74, 6) is -0.337. The molecule has 0 unspecified atom stereocenters. The van der Waals surface area contributed by atoms with Crippen molar-refractivity contribution in [2.75, 3.05) is 0 Å². The van der Waals surface area contributed by atoms with Crippen molar-refractivity contribution < 1.29 is 19.4 Å². The summed E-state index contributed by atoms with van der Waals surface area (Å²) in [6.07, 6.45) is 5.72. The molecule has 0 saturated carbocycles. The van der Waals surface area contributed by atoms with Gasteiger partial charge in [0.15, 0.2) is 0 Å². The minimum atomic E-state index is -0.811. The van der Waals surface area contributed by atoms with Crippen molar-refractivity contribution in [2.45, 2.75) is 0 Å². The first-order valence-electron chi connectivity index (χ1n) is 10.2. The highest BCUT2D eigenvalue weighted by Gasteiger charge is 2.19. The molecular weight excluding hydrogens is 547 g/mol. The number of ketones is 1. The van der Waals surface area contributed by atoms with Crippen LogP contribution in [0.3, 0.4) is 0 Å². The van der Waals surface area contributed by atoms with Crippen LogP contribution >= 0.6 is 34.8 Å². The number of nitrogens with zero attached hydrogens (tertiary/aromatic N) is 4. The van der Waals surface area contributed by atoms with E-state index in [2.05, 4.69) is 0 Å². The zero-order valence-corrected chi connectivity index (χ0v) is 21.6. The molecule has 37 heavy (non-hydrogen) atoms. The molecule has 0 amide bonds. The molecule has 0 N–H and O–H groups in total. The number of nitro groups is 2. The van der Waals surface area contributed by atoms with E-state index in [4.69, 9.17) is 34.8 Å². The molecular formula is C24H19Cl3N4O6. The van der Waals surface area contributed by atoms with Crippen molar-refractivity contribution in [3.63, 3.8) is 0 Å². The van der Waals surface area contributed by atoms with Crippen LogP contribution in [0.1, 0.15) is 26.4 Å². The standard InChI is InChI=1S/C12H9ClN2O3.C7H3Cl2NO3.C5H7N/c1-14-6-2-3-11(14)12(16)9-7-8(15(17)18)4-5-10(9)13;8-6-2-1-4(10(12)13)3-5(6)7(9)11;1-6-4-2-3-5-6/h2-7H,1H3;1-3H;2-5H,1H3. The summed E-state index contributed by atoms with van der Waals surface area (Å²) in [4.78, 5) is 42.7. The van der Waals surface area contributed by atoms with Gasteiger partial charge in [-0.05, 0) is 48.0 Å². The molecule has 0 saturated heterocycles. The number of non-ortho nitro benzene ring substituents is 2. The van der Waals surface area contributed by atoms with Crippen molar-refractivity contribution >= 4 is 57.2 Å². The van der Waals surface area contributed by atoms with Crippen LogP contribution in [0, 0.1) is 20.2 Å². The van der Waals surface area contributed by atoms with E-state index in [-0.39, 0.29) is 38.3 Å². The highest BCUT2D eigenvalue weighted by atomic mass is 35.5. The van der Waals surface area contributed by atoms with Crippen LogP contribution in [0.5, 0.6) is 0 Å². The minimum Gasteiger partial charge on any atom is -0.357 e. The van der Waals surface area contributed by atoms with Crippen LogP contribution in [0.4, 0.5) is 11.4 Å². The molecule has 192 valence electrons. The summed E-state index contributed by atoms with van der Waals surface area (Å²) in [5, 5.41) is 20.5. The number of hydrogen-bond donors (Lipinski definition) is 0. The van der Waals surface area contributed by atoms with Gasteiger partial charge in [-0.2, -0.15) is 0 Å². The minimum absolute atomic E-state index is 0.0578. The van der Waals surface area contributed by atoms with Gasteiger partial charge >= 0.3 is 0 Å². The number of halogens is 3. The number of aromatic nitrogens is 2. The largest absolute Gasteiger partial charge is 0.357 e. The molecule has 2 aromatic carbocycles. The van der Waals surface area contributed by atoms with Gasteiger partial charge in [0, 0.05) is 62.5 Å². The quantitative estimate of drug-likeness (QED) is 0.118. The average molecular weight is 566 g/mol. The van der Waals surface area contributed by atoms with Gasteiger partial charge in [0.2, 0.25) is 5.78 Å². The molecule has 0 aliphatic rings. The maximum Gasteiger partial charge on any atom is 0.270 e. The maximum absolute atomic E-state index is 12.2. The highest BCUT2D eigenvalue weighted by molar-refractivity contribution is 6.68. The van der Waals surface area contributed by atoms with Gasteiger partial charge in [-0.1, -0.05) is 23.2 Å². The number of aryl methyl sites for hydroxylation is 2. The molecule has 2 heterocycles. The lowest BCUT2D eigenvalue weighted by Crippen LogP contribution is -2.07. The van der Waals surface area contributed by atoms with Crippen molar-refractivity contribution in [1.29, 1.82) is 0 Å². The third-order valence-electron chi connectivity index (χ3n) is 4.71. The van der Waals surface area contributed by atoms with Crippen LogP contribution in [-0.4, -0.2) is 30.0 Å². The first kappa shape index (κ1) is 29.2. The van der Waals surface area contributed by atoms with E-state index in [9.17, 15) is 29.8 Å². The van der Waals surface area contributed by atoms with Gasteiger partial charge in [0.05, 0.1) is 31.1 Å². The van der Waals surface area contributed by atoms with Gasteiger partial charge in [-0.25, -0.2) is 0 Å². The number of carbonyl (C=O) groups excluding carboxylic acids is 2. The lowest BCUT2D eigenvalue weighted by molar-refractivity contribution is -0.385. The van der Waals surface area contributed by atoms with E-state index in [1.54, 1.807) is 29.9 Å². The lowest BCUT2D eigenvalue weighted by atomic mass is 10.1. The molecule has 2 aromatic heterocycles. The second kappa shape index (κ2) is 13.4. The van der Waals surface area contributed by atoms with Crippen molar-refractivity contribution in [1.82, 2.24) is 9.13 Å². The van der Waals surface area contributed by atoms with Gasteiger partial charge in [-0.3, -0.25) is 29.8 Å². The molecule has 10 nitrogen and oxygen atoms in total. The zero-order valence-electron chi connectivity index (χ0n) is 19.4. The predicted octanol–water partition coefficient (Wildman–Crippen LogP) is 6.47. The first-order valence-corrected chi connectivity index (χ1v) is 11.4. The number of hydrogen-bond acceptors (Lipinski definition) is 6. The topological polar surface area (TPSA) is 130 Å². The fourth-order valence-electron chi connectivity index (χ4n) is 2.83. The number of nitro benzene ring substituents is 2. The monoisotopic (exact) mass is 564 g/mol. The maximum atomic E-state index is 12.2. The predicted molar refractivity (Wildman–Crippen MR) is 141 cm³/mol.